The highest BCUT2D eigenvalue weighted by atomic mass is 15.0. The Morgan fingerprint density at radius 1 is 1.22 bits per heavy atom. The monoisotopic (exact) mass is 241 g/mol. The number of aromatic nitrogens is 4. The maximum atomic E-state index is 4.63. The molecule has 1 N–H and O–H groups in total. The molecule has 5 heteroatoms. The number of nitrogens with zero attached hydrogens (tertiary/aromatic N) is 4. The molecule has 0 aromatic carbocycles. The molecule has 3 heterocycles. The third kappa shape index (κ3) is 1.86. The lowest BCUT2D eigenvalue weighted by Crippen LogP contribution is -2.04. The molecule has 0 bridgehead atoms. The second-order valence-corrected chi connectivity index (χ2v) is 4.37. The number of hydrogen-bond acceptors (Lipinski definition) is 5. The van der Waals surface area contributed by atoms with Gasteiger partial charge in [0.1, 0.15) is 11.5 Å². The van der Waals surface area contributed by atoms with Crippen molar-refractivity contribution in [3.8, 4) is 11.5 Å². The van der Waals surface area contributed by atoms with E-state index in [1.807, 2.05) is 13.0 Å². The molecular weight excluding hydrogens is 226 g/mol. The van der Waals surface area contributed by atoms with Gasteiger partial charge in [0.25, 0.3) is 0 Å². The van der Waals surface area contributed by atoms with Crippen LogP contribution in [0.5, 0.6) is 0 Å². The minimum Gasteiger partial charge on any atom is -0.307 e. The molecule has 0 unspecified atom stereocenters. The van der Waals surface area contributed by atoms with Gasteiger partial charge in [-0.2, -0.15) is 0 Å². The van der Waals surface area contributed by atoms with Gasteiger partial charge in [-0.05, 0) is 19.4 Å². The summed E-state index contributed by atoms with van der Waals surface area (Å²) in [5.74, 6) is 1.45. The van der Waals surface area contributed by atoms with Crippen LogP contribution in [-0.2, 0) is 19.5 Å². The predicted molar refractivity (Wildman–Crippen MR) is 67.7 cm³/mol. The zero-order chi connectivity index (χ0) is 12.5. The number of hydrogen-bond donors (Lipinski definition) is 1. The number of aryl methyl sites for hydroxylation is 2. The fraction of sp³-hybridized carbons (Fsp3) is 0.385. The number of rotatable bonds is 2. The summed E-state index contributed by atoms with van der Waals surface area (Å²) in [7, 11) is 0. The van der Waals surface area contributed by atoms with Crippen LogP contribution in [0.2, 0.25) is 0 Å². The van der Waals surface area contributed by atoms with Crippen LogP contribution < -0.4 is 5.32 Å². The van der Waals surface area contributed by atoms with Gasteiger partial charge in [0.2, 0.25) is 0 Å². The van der Waals surface area contributed by atoms with E-state index in [9.17, 15) is 0 Å². The highest BCUT2D eigenvalue weighted by Crippen LogP contribution is 2.21. The average Bonchev–Trinajstić information content (AvgIpc) is 2.85. The molecular formula is C13H15N5. The molecule has 0 aliphatic carbocycles. The van der Waals surface area contributed by atoms with Crippen LogP contribution in [0.3, 0.4) is 0 Å². The van der Waals surface area contributed by atoms with Crippen molar-refractivity contribution in [2.24, 2.45) is 0 Å². The average molecular weight is 241 g/mol. The third-order valence-corrected chi connectivity index (χ3v) is 3.11. The van der Waals surface area contributed by atoms with Crippen LogP contribution in [0, 0.1) is 6.92 Å². The van der Waals surface area contributed by atoms with E-state index < -0.39 is 0 Å². The minimum atomic E-state index is 0.708. The Bertz CT molecular complexity index is 594. The summed E-state index contributed by atoms with van der Waals surface area (Å²) in [6.07, 6.45) is 2.67. The Balaban J connectivity index is 2.13. The van der Waals surface area contributed by atoms with Gasteiger partial charge in [0, 0.05) is 30.5 Å². The van der Waals surface area contributed by atoms with E-state index in [-0.39, 0.29) is 0 Å². The normalized spacial score (nSPS) is 13.7. The van der Waals surface area contributed by atoms with E-state index in [0.29, 0.717) is 5.82 Å². The summed E-state index contributed by atoms with van der Waals surface area (Å²) in [6, 6.07) is 1.86. The van der Waals surface area contributed by atoms with Gasteiger partial charge in [-0.15, -0.1) is 0 Å². The summed E-state index contributed by atoms with van der Waals surface area (Å²) < 4.78 is 0. The third-order valence-electron chi connectivity index (χ3n) is 3.11. The van der Waals surface area contributed by atoms with Crippen molar-refractivity contribution in [3.63, 3.8) is 0 Å². The van der Waals surface area contributed by atoms with E-state index in [0.717, 1.165) is 42.4 Å². The first kappa shape index (κ1) is 11.2. The van der Waals surface area contributed by atoms with E-state index in [2.05, 4.69) is 32.2 Å². The zero-order valence-electron chi connectivity index (χ0n) is 10.6. The molecule has 1 aliphatic rings. The lowest BCUT2D eigenvalue weighted by molar-refractivity contribution is 0.755. The molecule has 0 saturated carbocycles. The quantitative estimate of drug-likeness (QED) is 0.861. The van der Waals surface area contributed by atoms with Crippen LogP contribution in [0.4, 0.5) is 0 Å². The number of nitrogens with one attached hydrogen (secondary N) is 1. The lowest BCUT2D eigenvalue weighted by atomic mass is 10.1. The first-order valence-electron chi connectivity index (χ1n) is 6.17. The molecule has 2 aromatic heterocycles. The fourth-order valence-electron chi connectivity index (χ4n) is 2.23. The van der Waals surface area contributed by atoms with Gasteiger partial charge in [0.05, 0.1) is 5.69 Å². The highest BCUT2D eigenvalue weighted by Gasteiger charge is 2.18. The Hall–Kier alpha value is -1.88. The van der Waals surface area contributed by atoms with Gasteiger partial charge in [-0.3, -0.25) is 0 Å². The van der Waals surface area contributed by atoms with Crippen LogP contribution in [0.25, 0.3) is 11.5 Å². The first-order chi connectivity index (χ1) is 8.78. The summed E-state index contributed by atoms with van der Waals surface area (Å²) in [6.45, 7) is 5.69. The smallest absolute Gasteiger partial charge is 0.178 e. The van der Waals surface area contributed by atoms with Crippen molar-refractivity contribution in [1.82, 2.24) is 25.3 Å². The Morgan fingerprint density at radius 3 is 2.89 bits per heavy atom. The summed E-state index contributed by atoms with van der Waals surface area (Å²) >= 11 is 0. The topological polar surface area (TPSA) is 63.6 Å². The molecule has 18 heavy (non-hydrogen) atoms. The van der Waals surface area contributed by atoms with E-state index >= 15 is 0 Å². The van der Waals surface area contributed by atoms with Gasteiger partial charge in [0.15, 0.2) is 5.82 Å². The maximum Gasteiger partial charge on any atom is 0.178 e. The van der Waals surface area contributed by atoms with Crippen molar-refractivity contribution in [2.45, 2.75) is 33.4 Å². The van der Waals surface area contributed by atoms with Crippen molar-refractivity contribution >= 4 is 0 Å². The van der Waals surface area contributed by atoms with Crippen molar-refractivity contribution in [3.05, 3.63) is 35.0 Å². The molecule has 3 rings (SSSR count). The SMILES string of the molecule is CCc1nc(-c2ccnc(C)n2)nc2c1CNC2. The molecule has 0 amide bonds. The standard InChI is InChI=1S/C13H15N5/c1-3-10-9-6-14-7-12(9)18-13(17-10)11-4-5-15-8(2)16-11/h4-5,14H,3,6-7H2,1-2H3. The Morgan fingerprint density at radius 2 is 2.11 bits per heavy atom. The van der Waals surface area contributed by atoms with Gasteiger partial charge < -0.3 is 5.32 Å². The van der Waals surface area contributed by atoms with Crippen molar-refractivity contribution in [2.75, 3.05) is 0 Å². The highest BCUT2D eigenvalue weighted by molar-refractivity contribution is 5.50. The fourth-order valence-corrected chi connectivity index (χ4v) is 2.23. The lowest BCUT2D eigenvalue weighted by Gasteiger charge is -2.07. The van der Waals surface area contributed by atoms with E-state index in [1.165, 1.54) is 5.56 Å². The Labute approximate surface area is 106 Å². The van der Waals surface area contributed by atoms with Crippen LogP contribution >= 0.6 is 0 Å². The molecule has 2 aromatic rings. The van der Waals surface area contributed by atoms with Crippen molar-refractivity contribution < 1.29 is 0 Å². The van der Waals surface area contributed by atoms with E-state index in [4.69, 9.17) is 0 Å². The summed E-state index contributed by atoms with van der Waals surface area (Å²) in [4.78, 5) is 17.7. The molecule has 0 radical (unpaired) electrons. The minimum absolute atomic E-state index is 0.708. The van der Waals surface area contributed by atoms with Gasteiger partial charge in [-0.25, -0.2) is 19.9 Å². The van der Waals surface area contributed by atoms with Gasteiger partial charge in [-0.1, -0.05) is 6.92 Å². The van der Waals surface area contributed by atoms with Crippen LogP contribution in [0.15, 0.2) is 12.3 Å². The number of fused-ring (bicyclic) bond motifs is 1. The second kappa shape index (κ2) is 4.42. The maximum absolute atomic E-state index is 4.63. The largest absolute Gasteiger partial charge is 0.307 e. The molecule has 0 spiro atoms. The molecule has 0 saturated heterocycles. The molecule has 0 atom stereocenters. The zero-order valence-corrected chi connectivity index (χ0v) is 10.6. The first-order valence-corrected chi connectivity index (χ1v) is 6.17. The second-order valence-electron chi connectivity index (χ2n) is 4.37. The van der Waals surface area contributed by atoms with Crippen LogP contribution in [0.1, 0.15) is 29.7 Å². The van der Waals surface area contributed by atoms with E-state index in [1.54, 1.807) is 6.20 Å². The van der Waals surface area contributed by atoms with Crippen molar-refractivity contribution in [1.29, 1.82) is 0 Å². The molecule has 1 aliphatic heterocycles. The summed E-state index contributed by atoms with van der Waals surface area (Å²) in [5, 5.41) is 3.32. The predicted octanol–water partition coefficient (Wildman–Crippen LogP) is 1.41. The Kier molecular flexibility index (Phi) is 2.76. The molecule has 92 valence electrons. The summed E-state index contributed by atoms with van der Waals surface area (Å²) in [5.41, 5.74) is 4.28. The molecule has 0 fully saturated rings. The van der Waals surface area contributed by atoms with Gasteiger partial charge >= 0.3 is 0 Å². The van der Waals surface area contributed by atoms with Crippen LogP contribution in [-0.4, -0.2) is 19.9 Å². The molecule has 5 nitrogen and oxygen atoms in total.